The molecule has 6 nitrogen and oxygen atoms in total. The van der Waals surface area contributed by atoms with Crippen molar-refractivity contribution in [3.05, 3.63) is 58.9 Å². The zero-order valence-electron chi connectivity index (χ0n) is 16.2. The van der Waals surface area contributed by atoms with Gasteiger partial charge >= 0.3 is 0 Å². The Morgan fingerprint density at radius 2 is 1.90 bits per heavy atom. The number of amides is 1. The van der Waals surface area contributed by atoms with E-state index in [9.17, 15) is 9.18 Å². The van der Waals surface area contributed by atoms with E-state index in [1.165, 1.54) is 28.4 Å². The Balaban J connectivity index is 1.65. The molecule has 0 fully saturated rings. The average molecular weight is 434 g/mol. The number of nitrogens with two attached hydrogens (primary N) is 1. The van der Waals surface area contributed by atoms with E-state index in [1.807, 2.05) is 24.3 Å². The van der Waals surface area contributed by atoms with Crippen molar-refractivity contribution < 1.29 is 9.18 Å². The number of nitrogen functional groups attached to an aromatic ring is 1. The monoisotopic (exact) mass is 433 g/mol. The number of halogens is 2. The van der Waals surface area contributed by atoms with Gasteiger partial charge in [0.05, 0.1) is 10.8 Å². The van der Waals surface area contributed by atoms with Crippen LogP contribution in [0.15, 0.2) is 47.6 Å². The van der Waals surface area contributed by atoms with Crippen LogP contribution in [-0.2, 0) is 10.2 Å². The standard InChI is InChI=1S/C20H21ClFN5OS/c1-20(2,3)13-6-4-12(5-7-13)18-25-26-19(27(18)23)29-11-17(28)24-14-8-9-16(22)15(21)10-14/h4-10H,11,23H2,1-3H3,(H,24,28). The number of hydrogen-bond acceptors (Lipinski definition) is 5. The van der Waals surface area contributed by atoms with Crippen LogP contribution in [-0.4, -0.2) is 26.5 Å². The Hall–Kier alpha value is -2.58. The zero-order chi connectivity index (χ0) is 21.2. The van der Waals surface area contributed by atoms with Gasteiger partial charge < -0.3 is 11.2 Å². The van der Waals surface area contributed by atoms with Gasteiger partial charge in [-0.25, -0.2) is 9.07 Å². The number of carbonyl (C=O) groups is 1. The van der Waals surface area contributed by atoms with Gasteiger partial charge in [-0.3, -0.25) is 4.79 Å². The second kappa shape index (κ2) is 8.42. The Morgan fingerprint density at radius 1 is 1.21 bits per heavy atom. The first-order valence-corrected chi connectivity index (χ1v) is 10.2. The Morgan fingerprint density at radius 3 is 2.52 bits per heavy atom. The van der Waals surface area contributed by atoms with Crippen LogP contribution in [0, 0.1) is 5.82 Å². The van der Waals surface area contributed by atoms with Crippen LogP contribution in [0.2, 0.25) is 5.02 Å². The van der Waals surface area contributed by atoms with Gasteiger partial charge in [0.25, 0.3) is 0 Å². The summed E-state index contributed by atoms with van der Waals surface area (Å²) in [5, 5.41) is 11.2. The number of anilines is 1. The third kappa shape index (κ3) is 5.07. The highest BCUT2D eigenvalue weighted by Gasteiger charge is 2.17. The fourth-order valence-electron chi connectivity index (χ4n) is 2.59. The van der Waals surface area contributed by atoms with Gasteiger partial charge in [0.2, 0.25) is 11.1 Å². The highest BCUT2D eigenvalue weighted by Crippen LogP contribution is 2.26. The van der Waals surface area contributed by atoms with Crippen molar-refractivity contribution in [3.63, 3.8) is 0 Å². The Labute approximate surface area is 177 Å². The van der Waals surface area contributed by atoms with Gasteiger partial charge in [-0.1, -0.05) is 68.4 Å². The topological polar surface area (TPSA) is 85.8 Å². The molecule has 3 rings (SSSR count). The summed E-state index contributed by atoms with van der Waals surface area (Å²) in [6, 6.07) is 12.0. The van der Waals surface area contributed by atoms with Crippen molar-refractivity contribution in [3.8, 4) is 11.4 Å². The molecule has 0 aliphatic rings. The van der Waals surface area contributed by atoms with Crippen molar-refractivity contribution in [2.45, 2.75) is 31.3 Å². The molecule has 0 bridgehead atoms. The lowest BCUT2D eigenvalue weighted by atomic mass is 9.87. The third-order valence-corrected chi connectivity index (χ3v) is 5.44. The maximum Gasteiger partial charge on any atom is 0.234 e. The SMILES string of the molecule is CC(C)(C)c1ccc(-c2nnc(SCC(=O)Nc3ccc(F)c(Cl)c3)n2N)cc1. The smallest absolute Gasteiger partial charge is 0.234 e. The van der Waals surface area contributed by atoms with Gasteiger partial charge in [-0.05, 0) is 29.2 Å². The summed E-state index contributed by atoms with van der Waals surface area (Å²) in [4.78, 5) is 12.1. The lowest BCUT2D eigenvalue weighted by Gasteiger charge is -2.19. The van der Waals surface area contributed by atoms with Crippen LogP contribution in [0.5, 0.6) is 0 Å². The van der Waals surface area contributed by atoms with E-state index >= 15 is 0 Å². The zero-order valence-corrected chi connectivity index (χ0v) is 17.8. The second-order valence-electron chi connectivity index (χ2n) is 7.47. The molecule has 0 atom stereocenters. The van der Waals surface area contributed by atoms with Gasteiger partial charge in [0.15, 0.2) is 5.82 Å². The predicted octanol–water partition coefficient (Wildman–Crippen LogP) is 4.48. The third-order valence-electron chi connectivity index (χ3n) is 4.21. The van der Waals surface area contributed by atoms with E-state index in [0.717, 1.165) is 17.3 Å². The molecule has 0 spiro atoms. The minimum atomic E-state index is -0.543. The fraction of sp³-hybridized carbons (Fsp3) is 0.250. The molecule has 9 heteroatoms. The molecule has 0 unspecified atom stereocenters. The highest BCUT2D eigenvalue weighted by atomic mass is 35.5. The van der Waals surface area contributed by atoms with Crippen molar-refractivity contribution in [2.24, 2.45) is 0 Å². The number of aromatic nitrogens is 3. The lowest BCUT2D eigenvalue weighted by Crippen LogP contribution is -2.16. The first-order valence-electron chi connectivity index (χ1n) is 8.84. The maximum absolute atomic E-state index is 13.2. The van der Waals surface area contributed by atoms with Crippen LogP contribution >= 0.6 is 23.4 Å². The lowest BCUT2D eigenvalue weighted by molar-refractivity contribution is -0.113. The number of thioether (sulfide) groups is 1. The fourth-order valence-corrected chi connectivity index (χ4v) is 3.43. The summed E-state index contributed by atoms with van der Waals surface area (Å²) >= 11 is 6.87. The first-order chi connectivity index (χ1) is 13.6. The van der Waals surface area contributed by atoms with Crippen LogP contribution in [0.3, 0.4) is 0 Å². The van der Waals surface area contributed by atoms with E-state index in [1.54, 1.807) is 0 Å². The molecule has 0 saturated carbocycles. The molecule has 1 aromatic heterocycles. The molecule has 1 heterocycles. The van der Waals surface area contributed by atoms with Crippen molar-refractivity contribution >= 4 is 35.0 Å². The molecule has 0 radical (unpaired) electrons. The van der Waals surface area contributed by atoms with Crippen molar-refractivity contribution in [1.29, 1.82) is 0 Å². The number of benzene rings is 2. The number of rotatable bonds is 5. The molecule has 3 aromatic rings. The second-order valence-corrected chi connectivity index (χ2v) is 8.82. The summed E-state index contributed by atoms with van der Waals surface area (Å²) in [6.07, 6.45) is 0. The Bertz CT molecular complexity index is 1030. The summed E-state index contributed by atoms with van der Waals surface area (Å²) < 4.78 is 14.6. The molecule has 0 aliphatic heterocycles. The number of nitrogens with zero attached hydrogens (tertiary/aromatic N) is 3. The molecule has 152 valence electrons. The van der Waals surface area contributed by atoms with E-state index in [-0.39, 0.29) is 22.1 Å². The largest absolute Gasteiger partial charge is 0.335 e. The summed E-state index contributed by atoms with van der Waals surface area (Å²) in [7, 11) is 0. The molecular formula is C20H21ClFN5OS. The van der Waals surface area contributed by atoms with Gasteiger partial charge in [0.1, 0.15) is 5.82 Å². The Kier molecular flexibility index (Phi) is 6.14. The van der Waals surface area contributed by atoms with Crippen LogP contribution < -0.4 is 11.2 Å². The summed E-state index contributed by atoms with van der Waals surface area (Å²) in [5.41, 5.74) is 2.51. The number of hydrogen-bond donors (Lipinski definition) is 2. The van der Waals surface area contributed by atoms with E-state index in [0.29, 0.717) is 16.7 Å². The predicted molar refractivity (Wildman–Crippen MR) is 115 cm³/mol. The summed E-state index contributed by atoms with van der Waals surface area (Å²) in [5.74, 6) is 5.85. The quantitative estimate of drug-likeness (QED) is 0.457. The van der Waals surface area contributed by atoms with Crippen LogP contribution in [0.1, 0.15) is 26.3 Å². The van der Waals surface area contributed by atoms with E-state index in [4.69, 9.17) is 17.4 Å². The first kappa shape index (κ1) is 21.1. The van der Waals surface area contributed by atoms with Crippen molar-refractivity contribution in [1.82, 2.24) is 14.9 Å². The maximum atomic E-state index is 13.2. The van der Waals surface area contributed by atoms with Gasteiger partial charge in [-0.2, -0.15) is 0 Å². The van der Waals surface area contributed by atoms with Gasteiger partial charge in [0, 0.05) is 11.3 Å². The highest BCUT2D eigenvalue weighted by molar-refractivity contribution is 7.99. The molecule has 3 N–H and O–H groups in total. The van der Waals surface area contributed by atoms with Gasteiger partial charge in [-0.15, -0.1) is 10.2 Å². The molecular weight excluding hydrogens is 413 g/mol. The minimum Gasteiger partial charge on any atom is -0.335 e. The minimum absolute atomic E-state index is 0.0536. The van der Waals surface area contributed by atoms with E-state index in [2.05, 4.69) is 36.3 Å². The van der Waals surface area contributed by atoms with E-state index < -0.39 is 5.82 Å². The average Bonchev–Trinajstić information content (AvgIpc) is 3.03. The molecule has 29 heavy (non-hydrogen) atoms. The molecule has 0 aliphatic carbocycles. The molecule has 1 amide bonds. The number of carbonyl (C=O) groups excluding carboxylic acids is 1. The molecule has 2 aromatic carbocycles. The molecule has 0 saturated heterocycles. The van der Waals surface area contributed by atoms with Crippen molar-refractivity contribution in [2.75, 3.05) is 16.9 Å². The summed E-state index contributed by atoms with van der Waals surface area (Å²) in [6.45, 7) is 6.44. The van der Waals surface area contributed by atoms with Crippen LogP contribution in [0.25, 0.3) is 11.4 Å². The normalized spacial score (nSPS) is 11.5. The van der Waals surface area contributed by atoms with Crippen LogP contribution in [0.4, 0.5) is 10.1 Å². The number of nitrogens with one attached hydrogen (secondary N) is 1.